The lowest BCUT2D eigenvalue weighted by molar-refractivity contribution is -0.139. The number of nitrogens with two attached hydrogens (primary N) is 1. The van der Waals surface area contributed by atoms with Crippen molar-refractivity contribution < 1.29 is 11.3 Å². The Labute approximate surface area is 49.9 Å². The summed E-state index contributed by atoms with van der Waals surface area (Å²) in [6.45, 7) is 3.20. The monoisotopic (exact) mass is 119 g/mol. The predicted octanol–water partition coefficient (Wildman–Crippen LogP) is 0.0543. The Morgan fingerprint density at radius 1 is 1.88 bits per heavy atom. The molecule has 0 bridgehead atoms. The lowest BCUT2D eigenvalue weighted by Crippen LogP contribution is -2.34. The fourth-order valence-corrected chi connectivity index (χ4v) is 0.247. The average Bonchev–Trinajstić information content (AvgIpc) is 1.65. The van der Waals surface area contributed by atoms with Gasteiger partial charge in [-0.1, -0.05) is 13.8 Å². The van der Waals surface area contributed by atoms with Gasteiger partial charge in [0.05, 0.1) is 1.37 Å². The van der Waals surface area contributed by atoms with E-state index in [9.17, 15) is 4.79 Å². The van der Waals surface area contributed by atoms with E-state index < -0.39 is 12.0 Å². The van der Waals surface area contributed by atoms with Crippen molar-refractivity contribution in [2.24, 2.45) is 11.7 Å². The van der Waals surface area contributed by atoms with Crippen molar-refractivity contribution in [3.8, 4) is 0 Å². The van der Waals surface area contributed by atoms with Gasteiger partial charge in [-0.05, 0) is 5.92 Å². The summed E-state index contributed by atoms with van der Waals surface area (Å²) in [6, 6.07) is -1.83. The van der Waals surface area contributed by atoms with Crippen LogP contribution in [-0.2, 0) is 4.79 Å². The van der Waals surface area contributed by atoms with E-state index in [2.05, 4.69) is 0 Å². The molecule has 0 rings (SSSR count). The van der Waals surface area contributed by atoms with Crippen LogP contribution in [0.5, 0.6) is 0 Å². The van der Waals surface area contributed by atoms with E-state index >= 15 is 0 Å². The second kappa shape index (κ2) is 2.67. The van der Waals surface area contributed by atoms with Crippen LogP contribution in [-0.4, -0.2) is 17.1 Å². The third-order valence-electron chi connectivity index (χ3n) is 0.869. The number of aliphatic carboxylic acids is 1. The molecule has 3 N–H and O–H groups in total. The van der Waals surface area contributed by atoms with Crippen LogP contribution < -0.4 is 5.73 Å². The molecule has 0 spiro atoms. The molecule has 3 heteroatoms. The lowest BCUT2D eigenvalue weighted by atomic mass is 10.3. The second-order valence-electron chi connectivity index (χ2n) is 1.92. The molecule has 3 nitrogen and oxygen atoms in total. The summed E-state index contributed by atoms with van der Waals surface area (Å²) in [5.41, 5.74) is 5.07. The Balaban J connectivity index is 4.19. The first-order chi connectivity index (χ1) is 3.89. The first-order valence-corrected chi connectivity index (χ1v) is 2.41. The fourth-order valence-electron chi connectivity index (χ4n) is 0.247. The van der Waals surface area contributed by atoms with Crippen molar-refractivity contribution in [2.75, 3.05) is 0 Å². The highest BCUT2D eigenvalue weighted by molar-refractivity contribution is 5.73. The summed E-state index contributed by atoms with van der Waals surface area (Å²) in [7, 11) is 0. The van der Waals surface area contributed by atoms with E-state index in [0.717, 1.165) is 0 Å². The highest BCUT2D eigenvalue weighted by atomic mass is 16.4. The van der Waals surface area contributed by atoms with Crippen molar-refractivity contribution in [2.45, 2.75) is 19.9 Å². The zero-order valence-electron chi connectivity index (χ0n) is 6.01. The quantitative estimate of drug-likeness (QED) is 0.505. The maximum absolute atomic E-state index is 10.2. The molecular weight excluding hydrogens is 107 g/mol. The Morgan fingerprint density at radius 3 is 2.25 bits per heavy atom. The summed E-state index contributed by atoms with van der Waals surface area (Å²) in [5.74, 6) is -1.65. The van der Waals surface area contributed by atoms with Crippen molar-refractivity contribution in [3.05, 3.63) is 0 Å². The average molecular weight is 119 g/mol. The predicted molar refractivity (Wildman–Crippen MR) is 30.4 cm³/mol. The molecule has 0 aliphatic heterocycles. The fraction of sp³-hybridized carbons (Fsp3) is 0.800. The smallest absolute Gasteiger partial charge is 0.320 e. The molecule has 1 atom stereocenters. The minimum absolute atomic E-state index is 0.366. The van der Waals surface area contributed by atoms with Crippen LogP contribution in [0.25, 0.3) is 0 Å². The van der Waals surface area contributed by atoms with Crippen molar-refractivity contribution >= 4 is 5.97 Å². The van der Waals surface area contributed by atoms with Crippen LogP contribution in [0, 0.1) is 5.92 Å². The van der Waals surface area contributed by atoms with E-state index in [4.69, 9.17) is 12.2 Å². The number of hydrogen-bond acceptors (Lipinski definition) is 2. The molecule has 0 radical (unpaired) electrons. The lowest BCUT2D eigenvalue weighted by Gasteiger charge is -2.07. The molecule has 0 aliphatic rings. The van der Waals surface area contributed by atoms with Crippen LogP contribution in [0.15, 0.2) is 0 Å². The molecule has 0 aliphatic carbocycles. The highest BCUT2D eigenvalue weighted by Gasteiger charge is 2.14. The van der Waals surface area contributed by atoms with Gasteiger partial charge in [0, 0.05) is 0 Å². The van der Waals surface area contributed by atoms with Gasteiger partial charge in [-0.2, -0.15) is 0 Å². The van der Waals surface area contributed by atoms with Crippen LogP contribution in [0.1, 0.15) is 15.2 Å². The third kappa shape index (κ3) is 1.93. The molecule has 0 amide bonds. The number of carbonyl (C=O) groups is 1. The molecule has 0 aromatic carbocycles. The van der Waals surface area contributed by atoms with Crippen LogP contribution >= 0.6 is 0 Å². The van der Waals surface area contributed by atoms with Gasteiger partial charge in [0.15, 0.2) is 0 Å². The van der Waals surface area contributed by atoms with E-state index in [-0.39, 0.29) is 5.92 Å². The summed E-state index contributed by atoms with van der Waals surface area (Å²) in [5, 5.41) is 8.30. The van der Waals surface area contributed by atoms with Gasteiger partial charge in [0.25, 0.3) is 0 Å². The molecule has 0 heterocycles. The molecule has 0 aromatic rings. The van der Waals surface area contributed by atoms with Gasteiger partial charge in [0.1, 0.15) is 6.02 Å². The van der Waals surface area contributed by atoms with Gasteiger partial charge < -0.3 is 10.8 Å². The zero-order chi connectivity index (χ0) is 7.65. The van der Waals surface area contributed by atoms with Crippen molar-refractivity contribution in [1.29, 1.82) is 0 Å². The van der Waals surface area contributed by atoms with Gasteiger partial charge in [0.2, 0.25) is 0 Å². The minimum Gasteiger partial charge on any atom is -0.480 e. The Morgan fingerprint density at radius 2 is 2.25 bits per heavy atom. The van der Waals surface area contributed by atoms with Crippen LogP contribution in [0.3, 0.4) is 0 Å². The maximum atomic E-state index is 10.2. The first kappa shape index (κ1) is 5.56. The van der Waals surface area contributed by atoms with Gasteiger partial charge in [-0.3, -0.25) is 4.79 Å². The summed E-state index contributed by atoms with van der Waals surface area (Å²) in [4.78, 5) is 10.2. The largest absolute Gasteiger partial charge is 0.480 e. The molecule has 8 heavy (non-hydrogen) atoms. The maximum Gasteiger partial charge on any atom is 0.320 e. The standard InChI is InChI=1S/C5H11NO2/c1-3(2)4(6)5(7)8/h3-4H,6H2,1-2H3,(H,7,8)/i3+1,4D. The van der Waals surface area contributed by atoms with Crippen LogP contribution in [0.4, 0.5) is 0 Å². The van der Waals surface area contributed by atoms with E-state index in [1.54, 1.807) is 13.8 Å². The molecule has 0 saturated carbocycles. The van der Waals surface area contributed by atoms with Gasteiger partial charge in [-0.25, -0.2) is 0 Å². The molecule has 0 aromatic heterocycles. The molecular formula is C5H11NO2. The summed E-state index contributed by atoms with van der Waals surface area (Å²) >= 11 is 0. The number of carboxylic acids is 1. The van der Waals surface area contributed by atoms with Crippen LogP contribution in [0.2, 0.25) is 0 Å². The number of rotatable bonds is 2. The van der Waals surface area contributed by atoms with Crippen molar-refractivity contribution in [1.82, 2.24) is 0 Å². The summed E-state index contributed by atoms with van der Waals surface area (Å²) in [6.07, 6.45) is 0. The Hall–Kier alpha value is -0.570. The minimum atomic E-state index is -1.83. The van der Waals surface area contributed by atoms with E-state index in [0.29, 0.717) is 0 Å². The van der Waals surface area contributed by atoms with Crippen molar-refractivity contribution in [3.63, 3.8) is 0 Å². The van der Waals surface area contributed by atoms with E-state index in [1.165, 1.54) is 0 Å². The summed E-state index contributed by atoms with van der Waals surface area (Å²) < 4.78 is 7.01. The number of hydrogen-bond donors (Lipinski definition) is 2. The number of carboxylic acid groups (broad SMARTS) is 1. The Bertz CT molecular complexity index is 122. The molecule has 1 unspecified atom stereocenters. The third-order valence-corrected chi connectivity index (χ3v) is 0.869. The van der Waals surface area contributed by atoms with Gasteiger partial charge in [-0.15, -0.1) is 0 Å². The zero-order valence-corrected chi connectivity index (χ0v) is 5.01. The van der Waals surface area contributed by atoms with E-state index in [1.807, 2.05) is 0 Å². The molecule has 48 valence electrons. The molecule has 0 saturated heterocycles. The highest BCUT2D eigenvalue weighted by Crippen LogP contribution is 1.96. The Kier molecular flexibility index (Phi) is 1.86. The normalized spacial score (nSPS) is 19.8. The second-order valence-corrected chi connectivity index (χ2v) is 1.92. The topological polar surface area (TPSA) is 63.3 Å². The SMILES string of the molecule is [2H]C(N)(C(=O)O)[13CH](C)C. The molecule has 0 fully saturated rings. The first-order valence-electron chi connectivity index (χ1n) is 2.91. The van der Waals surface area contributed by atoms with Gasteiger partial charge >= 0.3 is 5.97 Å².